The van der Waals surface area contributed by atoms with Crippen LogP contribution in [0.4, 0.5) is 0 Å². The number of hydrogen-bond acceptors (Lipinski definition) is 3. The van der Waals surface area contributed by atoms with E-state index in [4.69, 9.17) is 0 Å². The number of amides is 2. The molecular weight excluding hydrogens is 236 g/mol. The number of hydrogen-bond donors (Lipinski definition) is 1. The summed E-state index contributed by atoms with van der Waals surface area (Å²) in [6.45, 7) is 4.49. The number of nitrogens with one attached hydrogen (secondary N) is 1. The van der Waals surface area contributed by atoms with Gasteiger partial charge in [-0.25, -0.2) is 0 Å². The predicted molar refractivity (Wildman–Crippen MR) is 68.9 cm³/mol. The molecule has 1 atom stereocenters. The smallest absolute Gasteiger partial charge is 0.248 e. The molecule has 0 aromatic carbocycles. The summed E-state index contributed by atoms with van der Waals surface area (Å²) in [5.74, 6) is 1.18. The maximum absolute atomic E-state index is 12.2. The summed E-state index contributed by atoms with van der Waals surface area (Å²) < 4.78 is 0. The third-order valence-electron chi connectivity index (χ3n) is 3.31. The van der Waals surface area contributed by atoms with Crippen LogP contribution < -0.4 is 5.32 Å². The number of thioether (sulfide) groups is 1. The number of carbonyl (C=O) groups excluding carboxylic acids is 2. The number of nitrogens with zero attached hydrogens (tertiary/aromatic N) is 1. The van der Waals surface area contributed by atoms with Gasteiger partial charge in [0.25, 0.3) is 0 Å². The van der Waals surface area contributed by atoms with Crippen LogP contribution in [0.1, 0.15) is 33.1 Å². The fraction of sp³-hybridized carbons (Fsp3) is 0.833. The molecule has 2 aliphatic rings. The third kappa shape index (κ3) is 2.94. The maximum atomic E-state index is 12.2. The molecule has 0 saturated carbocycles. The van der Waals surface area contributed by atoms with E-state index in [0.29, 0.717) is 5.25 Å². The highest BCUT2D eigenvalue weighted by molar-refractivity contribution is 7.99. The van der Waals surface area contributed by atoms with Crippen molar-refractivity contribution in [1.82, 2.24) is 10.2 Å². The zero-order valence-corrected chi connectivity index (χ0v) is 11.3. The molecule has 5 heteroatoms. The molecule has 96 valence electrons. The van der Waals surface area contributed by atoms with Crippen LogP contribution in [0.5, 0.6) is 0 Å². The lowest BCUT2D eigenvalue weighted by molar-refractivity contribution is -0.148. The lowest BCUT2D eigenvalue weighted by Gasteiger charge is -2.39. The standard InChI is InChI=1S/C12H20N2O2S/c1-12(2)11(16)14(8-10(15)13-12)7-9-5-3-4-6-17-9/h9H,3-8H2,1-2H3,(H,13,15). The van der Waals surface area contributed by atoms with Crippen LogP contribution in [0, 0.1) is 0 Å². The molecule has 0 spiro atoms. The highest BCUT2D eigenvalue weighted by atomic mass is 32.2. The van der Waals surface area contributed by atoms with Crippen molar-refractivity contribution in [1.29, 1.82) is 0 Å². The zero-order valence-electron chi connectivity index (χ0n) is 10.5. The minimum absolute atomic E-state index is 0.0447. The van der Waals surface area contributed by atoms with E-state index in [1.165, 1.54) is 18.6 Å². The Morgan fingerprint density at radius 3 is 2.82 bits per heavy atom. The van der Waals surface area contributed by atoms with Gasteiger partial charge >= 0.3 is 0 Å². The third-order valence-corrected chi connectivity index (χ3v) is 4.69. The molecule has 2 aliphatic heterocycles. The molecule has 2 saturated heterocycles. The molecule has 2 heterocycles. The van der Waals surface area contributed by atoms with Gasteiger partial charge in [0, 0.05) is 11.8 Å². The molecule has 4 nitrogen and oxygen atoms in total. The van der Waals surface area contributed by atoms with E-state index in [0.717, 1.165) is 13.0 Å². The van der Waals surface area contributed by atoms with Crippen molar-refractivity contribution in [2.75, 3.05) is 18.8 Å². The van der Waals surface area contributed by atoms with Gasteiger partial charge in [0.05, 0.1) is 6.54 Å². The van der Waals surface area contributed by atoms with Crippen LogP contribution in [0.25, 0.3) is 0 Å². The first-order valence-electron chi connectivity index (χ1n) is 6.21. The number of carbonyl (C=O) groups is 2. The van der Waals surface area contributed by atoms with Crippen LogP contribution in [0.3, 0.4) is 0 Å². The molecule has 0 aromatic rings. The quantitative estimate of drug-likeness (QED) is 0.802. The van der Waals surface area contributed by atoms with Crippen molar-refractivity contribution in [3.8, 4) is 0 Å². The molecule has 1 N–H and O–H groups in total. The lowest BCUT2D eigenvalue weighted by atomic mass is 10.00. The Bertz CT molecular complexity index is 324. The van der Waals surface area contributed by atoms with Crippen molar-refractivity contribution in [2.45, 2.75) is 43.9 Å². The maximum Gasteiger partial charge on any atom is 0.248 e. The van der Waals surface area contributed by atoms with E-state index in [9.17, 15) is 9.59 Å². The Morgan fingerprint density at radius 1 is 1.41 bits per heavy atom. The summed E-state index contributed by atoms with van der Waals surface area (Å²) >= 11 is 1.93. The summed E-state index contributed by atoms with van der Waals surface area (Å²) in [4.78, 5) is 25.5. The minimum atomic E-state index is -0.741. The second-order valence-corrected chi connectivity index (χ2v) is 6.76. The Hall–Kier alpha value is -0.710. The second-order valence-electron chi connectivity index (χ2n) is 5.35. The average Bonchev–Trinajstić information content (AvgIpc) is 2.26. The SMILES string of the molecule is CC1(C)NC(=O)CN(CC2CCCCS2)C1=O. The molecule has 2 amide bonds. The largest absolute Gasteiger partial charge is 0.341 e. The van der Waals surface area contributed by atoms with E-state index in [-0.39, 0.29) is 18.4 Å². The van der Waals surface area contributed by atoms with Gasteiger partial charge in [-0.15, -0.1) is 0 Å². The van der Waals surface area contributed by atoms with Crippen LogP contribution in [-0.2, 0) is 9.59 Å². The molecule has 0 aliphatic carbocycles. The van der Waals surface area contributed by atoms with Gasteiger partial charge in [0.15, 0.2) is 0 Å². The van der Waals surface area contributed by atoms with Gasteiger partial charge in [-0.2, -0.15) is 11.8 Å². The number of piperazine rings is 1. The molecule has 0 bridgehead atoms. The Balaban J connectivity index is 1.98. The summed E-state index contributed by atoms with van der Waals surface area (Å²) in [5, 5.41) is 3.24. The van der Waals surface area contributed by atoms with E-state index in [1.807, 2.05) is 11.8 Å². The monoisotopic (exact) mass is 256 g/mol. The van der Waals surface area contributed by atoms with Crippen LogP contribution >= 0.6 is 11.8 Å². The van der Waals surface area contributed by atoms with Crippen molar-refractivity contribution in [3.63, 3.8) is 0 Å². The normalized spacial score (nSPS) is 29.1. The van der Waals surface area contributed by atoms with E-state index >= 15 is 0 Å². The van der Waals surface area contributed by atoms with Crippen molar-refractivity contribution in [2.24, 2.45) is 0 Å². The Kier molecular flexibility index (Phi) is 3.66. The first kappa shape index (κ1) is 12.7. The highest BCUT2D eigenvalue weighted by Crippen LogP contribution is 2.26. The van der Waals surface area contributed by atoms with Crippen LogP contribution in [0.2, 0.25) is 0 Å². The van der Waals surface area contributed by atoms with Crippen LogP contribution in [0.15, 0.2) is 0 Å². The van der Waals surface area contributed by atoms with Gasteiger partial charge in [-0.05, 0) is 32.4 Å². The lowest BCUT2D eigenvalue weighted by Crippen LogP contribution is -2.64. The molecule has 2 rings (SSSR count). The molecule has 0 radical (unpaired) electrons. The van der Waals surface area contributed by atoms with Gasteiger partial charge in [0.1, 0.15) is 5.54 Å². The second kappa shape index (κ2) is 4.88. The van der Waals surface area contributed by atoms with Crippen molar-refractivity contribution in [3.05, 3.63) is 0 Å². The number of rotatable bonds is 2. The summed E-state index contributed by atoms with van der Waals surface area (Å²) in [5.41, 5.74) is -0.741. The first-order chi connectivity index (χ1) is 7.99. The fourth-order valence-electron chi connectivity index (χ4n) is 2.43. The average molecular weight is 256 g/mol. The summed E-state index contributed by atoms with van der Waals surface area (Å²) in [7, 11) is 0. The van der Waals surface area contributed by atoms with Gasteiger partial charge in [-0.1, -0.05) is 6.42 Å². The topological polar surface area (TPSA) is 49.4 Å². The molecule has 1 unspecified atom stereocenters. The van der Waals surface area contributed by atoms with Gasteiger partial charge < -0.3 is 10.2 Å². The summed E-state index contributed by atoms with van der Waals surface area (Å²) in [6, 6.07) is 0. The van der Waals surface area contributed by atoms with Gasteiger partial charge in [0.2, 0.25) is 11.8 Å². The van der Waals surface area contributed by atoms with E-state index in [1.54, 1.807) is 18.7 Å². The Labute approximate surface area is 106 Å². The molecular formula is C12H20N2O2S. The first-order valence-corrected chi connectivity index (χ1v) is 7.26. The molecule has 2 fully saturated rings. The van der Waals surface area contributed by atoms with E-state index < -0.39 is 5.54 Å². The minimum Gasteiger partial charge on any atom is -0.341 e. The van der Waals surface area contributed by atoms with Gasteiger partial charge in [-0.3, -0.25) is 9.59 Å². The molecule has 0 aromatic heterocycles. The Morgan fingerprint density at radius 2 is 2.18 bits per heavy atom. The predicted octanol–water partition coefficient (Wildman–Crippen LogP) is 1.01. The van der Waals surface area contributed by atoms with Crippen molar-refractivity contribution < 1.29 is 9.59 Å². The molecule has 17 heavy (non-hydrogen) atoms. The van der Waals surface area contributed by atoms with E-state index in [2.05, 4.69) is 5.32 Å². The van der Waals surface area contributed by atoms with Crippen LogP contribution in [-0.4, -0.2) is 46.3 Å². The summed E-state index contributed by atoms with van der Waals surface area (Å²) in [6.07, 6.45) is 3.69. The zero-order chi connectivity index (χ0) is 12.5. The van der Waals surface area contributed by atoms with Crippen molar-refractivity contribution >= 4 is 23.6 Å². The fourth-order valence-corrected chi connectivity index (χ4v) is 3.75. The highest BCUT2D eigenvalue weighted by Gasteiger charge is 2.39.